The summed E-state index contributed by atoms with van der Waals surface area (Å²) in [6.07, 6.45) is 5.15. The topological polar surface area (TPSA) is 3.88 Å². The third-order valence-electron chi connectivity index (χ3n) is 3.56. The SMILES string of the molecule is Clc1ccc(C[n+]2ccc(Cc3ccccc3)cc2)cc1Cl. The van der Waals surface area contributed by atoms with Crippen LogP contribution in [0.5, 0.6) is 0 Å². The van der Waals surface area contributed by atoms with Crippen molar-refractivity contribution in [1.82, 2.24) is 0 Å². The smallest absolute Gasteiger partial charge is 0.173 e. The van der Waals surface area contributed by atoms with Crippen LogP contribution in [0, 0.1) is 0 Å². The third kappa shape index (κ3) is 3.88. The molecular formula is C19H16Cl2N+. The van der Waals surface area contributed by atoms with Crippen molar-refractivity contribution in [2.24, 2.45) is 0 Å². The van der Waals surface area contributed by atoms with Gasteiger partial charge in [0, 0.05) is 17.7 Å². The van der Waals surface area contributed by atoms with Crippen LogP contribution in [0.3, 0.4) is 0 Å². The highest BCUT2D eigenvalue weighted by Crippen LogP contribution is 2.22. The Kier molecular flexibility index (Phi) is 4.77. The standard InChI is InChI=1S/C19H16Cl2N/c20-18-7-6-17(13-19(18)21)14-22-10-8-16(9-11-22)12-15-4-2-1-3-5-15/h1-11,13H,12,14H2/q+1. The Balaban J connectivity index is 1.70. The zero-order valence-corrected chi connectivity index (χ0v) is 13.6. The number of nitrogens with zero attached hydrogens (tertiary/aromatic N) is 1. The predicted molar refractivity (Wildman–Crippen MR) is 91.4 cm³/mol. The fraction of sp³-hybridized carbons (Fsp3) is 0.105. The van der Waals surface area contributed by atoms with Crippen molar-refractivity contribution >= 4 is 23.2 Å². The molecular weight excluding hydrogens is 313 g/mol. The summed E-state index contributed by atoms with van der Waals surface area (Å²) in [6, 6.07) is 20.5. The maximum atomic E-state index is 6.05. The minimum atomic E-state index is 0.591. The van der Waals surface area contributed by atoms with Gasteiger partial charge in [0.2, 0.25) is 0 Å². The average Bonchev–Trinajstić information content (AvgIpc) is 2.54. The van der Waals surface area contributed by atoms with E-state index < -0.39 is 0 Å². The molecule has 3 rings (SSSR count). The Labute approximate surface area is 140 Å². The molecule has 0 aliphatic heterocycles. The van der Waals surface area contributed by atoms with Crippen molar-refractivity contribution in [2.75, 3.05) is 0 Å². The van der Waals surface area contributed by atoms with Gasteiger partial charge < -0.3 is 0 Å². The normalized spacial score (nSPS) is 10.6. The van der Waals surface area contributed by atoms with Gasteiger partial charge in [-0.25, -0.2) is 4.57 Å². The second-order valence-corrected chi connectivity index (χ2v) is 6.10. The molecule has 0 amide bonds. The highest BCUT2D eigenvalue weighted by atomic mass is 35.5. The lowest BCUT2D eigenvalue weighted by Crippen LogP contribution is -2.33. The Morgan fingerprint density at radius 1 is 0.682 bits per heavy atom. The fourth-order valence-electron chi connectivity index (χ4n) is 2.39. The Morgan fingerprint density at radius 2 is 1.36 bits per heavy atom. The molecule has 1 aromatic heterocycles. The lowest BCUT2D eigenvalue weighted by molar-refractivity contribution is -0.688. The molecule has 0 unspecified atom stereocenters. The third-order valence-corrected chi connectivity index (χ3v) is 4.30. The number of hydrogen-bond acceptors (Lipinski definition) is 0. The Morgan fingerprint density at radius 3 is 2.05 bits per heavy atom. The molecule has 0 radical (unpaired) electrons. The number of pyridine rings is 1. The van der Waals surface area contributed by atoms with E-state index in [0.717, 1.165) is 18.5 Å². The molecule has 2 aromatic carbocycles. The first-order valence-electron chi connectivity index (χ1n) is 7.16. The van der Waals surface area contributed by atoms with E-state index in [1.807, 2.05) is 24.3 Å². The van der Waals surface area contributed by atoms with Crippen molar-refractivity contribution in [3.8, 4) is 0 Å². The summed E-state index contributed by atoms with van der Waals surface area (Å²) in [5, 5.41) is 1.19. The average molecular weight is 329 g/mol. The number of hydrogen-bond donors (Lipinski definition) is 0. The molecule has 3 heteroatoms. The second kappa shape index (κ2) is 6.95. The molecule has 22 heavy (non-hydrogen) atoms. The summed E-state index contributed by atoms with van der Waals surface area (Å²) in [4.78, 5) is 0. The second-order valence-electron chi connectivity index (χ2n) is 5.29. The van der Waals surface area contributed by atoms with Crippen LogP contribution in [-0.2, 0) is 13.0 Å². The molecule has 1 nitrogen and oxygen atoms in total. The molecule has 1 heterocycles. The summed E-state index contributed by atoms with van der Waals surface area (Å²) in [5.41, 5.74) is 3.76. The molecule has 3 aromatic rings. The van der Waals surface area contributed by atoms with Gasteiger partial charge in [0.15, 0.2) is 18.9 Å². The first-order valence-corrected chi connectivity index (χ1v) is 7.92. The summed E-state index contributed by atoms with van der Waals surface area (Å²) < 4.78 is 2.13. The highest BCUT2D eigenvalue weighted by molar-refractivity contribution is 6.42. The van der Waals surface area contributed by atoms with Crippen LogP contribution in [0.4, 0.5) is 0 Å². The van der Waals surface area contributed by atoms with Gasteiger partial charge in [-0.15, -0.1) is 0 Å². The largest absolute Gasteiger partial charge is 0.201 e. The molecule has 0 atom stereocenters. The van der Waals surface area contributed by atoms with Crippen LogP contribution in [0.1, 0.15) is 16.7 Å². The predicted octanol–water partition coefficient (Wildman–Crippen LogP) is 4.92. The van der Waals surface area contributed by atoms with E-state index in [-0.39, 0.29) is 0 Å². The van der Waals surface area contributed by atoms with Crippen LogP contribution in [0.25, 0.3) is 0 Å². The summed E-state index contributed by atoms with van der Waals surface area (Å²) in [7, 11) is 0. The maximum Gasteiger partial charge on any atom is 0.173 e. The van der Waals surface area contributed by atoms with Gasteiger partial charge >= 0.3 is 0 Å². The Bertz CT molecular complexity index is 752. The van der Waals surface area contributed by atoms with E-state index in [2.05, 4.69) is 53.4 Å². The van der Waals surface area contributed by atoms with Gasteiger partial charge in [0.1, 0.15) is 0 Å². The van der Waals surface area contributed by atoms with E-state index in [1.165, 1.54) is 11.1 Å². The van der Waals surface area contributed by atoms with Gasteiger partial charge in [0.05, 0.1) is 10.0 Å². The quantitative estimate of drug-likeness (QED) is 0.598. The highest BCUT2D eigenvalue weighted by Gasteiger charge is 2.06. The van der Waals surface area contributed by atoms with E-state index in [9.17, 15) is 0 Å². The molecule has 0 spiro atoms. The zero-order chi connectivity index (χ0) is 15.4. The van der Waals surface area contributed by atoms with Gasteiger partial charge in [-0.05, 0) is 29.7 Å². The first kappa shape index (κ1) is 15.1. The first-order chi connectivity index (χ1) is 10.7. The van der Waals surface area contributed by atoms with Crippen LogP contribution >= 0.6 is 23.2 Å². The summed E-state index contributed by atoms with van der Waals surface area (Å²) >= 11 is 12.0. The molecule has 0 saturated heterocycles. The monoisotopic (exact) mass is 328 g/mol. The van der Waals surface area contributed by atoms with Gasteiger partial charge in [0.25, 0.3) is 0 Å². The van der Waals surface area contributed by atoms with E-state index in [1.54, 1.807) is 0 Å². The van der Waals surface area contributed by atoms with Crippen molar-refractivity contribution < 1.29 is 4.57 Å². The maximum absolute atomic E-state index is 6.05. The van der Waals surface area contributed by atoms with Crippen molar-refractivity contribution in [2.45, 2.75) is 13.0 Å². The molecule has 110 valence electrons. The molecule has 0 fully saturated rings. The number of benzene rings is 2. The molecule has 0 saturated carbocycles. The number of halogens is 2. The van der Waals surface area contributed by atoms with Crippen LogP contribution < -0.4 is 4.57 Å². The number of aromatic nitrogens is 1. The van der Waals surface area contributed by atoms with Crippen LogP contribution in [0.15, 0.2) is 73.1 Å². The van der Waals surface area contributed by atoms with Crippen molar-refractivity contribution in [1.29, 1.82) is 0 Å². The van der Waals surface area contributed by atoms with E-state index in [4.69, 9.17) is 23.2 Å². The number of rotatable bonds is 4. The van der Waals surface area contributed by atoms with Crippen LogP contribution in [-0.4, -0.2) is 0 Å². The molecule has 0 aliphatic carbocycles. The fourth-order valence-corrected chi connectivity index (χ4v) is 2.71. The molecule has 0 bridgehead atoms. The molecule has 0 N–H and O–H groups in total. The minimum absolute atomic E-state index is 0.591. The Hall–Kier alpha value is -1.83. The lowest BCUT2D eigenvalue weighted by atomic mass is 10.1. The zero-order valence-electron chi connectivity index (χ0n) is 12.0. The van der Waals surface area contributed by atoms with Crippen LogP contribution in [0.2, 0.25) is 10.0 Å². The molecule has 0 aliphatic rings. The van der Waals surface area contributed by atoms with Gasteiger partial charge in [-0.2, -0.15) is 0 Å². The van der Waals surface area contributed by atoms with Crippen molar-refractivity contribution in [3.63, 3.8) is 0 Å². The minimum Gasteiger partial charge on any atom is -0.201 e. The van der Waals surface area contributed by atoms with E-state index in [0.29, 0.717) is 10.0 Å². The van der Waals surface area contributed by atoms with Gasteiger partial charge in [-0.3, -0.25) is 0 Å². The van der Waals surface area contributed by atoms with E-state index >= 15 is 0 Å². The summed E-state index contributed by atoms with van der Waals surface area (Å²) in [5.74, 6) is 0. The van der Waals surface area contributed by atoms with Gasteiger partial charge in [-0.1, -0.05) is 59.6 Å². The summed E-state index contributed by atoms with van der Waals surface area (Å²) in [6.45, 7) is 0.780. The lowest BCUT2D eigenvalue weighted by Gasteiger charge is -2.03. The van der Waals surface area contributed by atoms with Crippen molar-refractivity contribution in [3.05, 3.63) is 99.8 Å².